The summed E-state index contributed by atoms with van der Waals surface area (Å²) in [5.41, 5.74) is 0. The molecule has 0 saturated carbocycles. The minimum atomic E-state index is 0. The molecule has 0 aliphatic rings. The monoisotopic (exact) mass is 277 g/mol. The van der Waals surface area contributed by atoms with Crippen molar-refractivity contribution in [2.45, 2.75) is 66.7 Å². The molecule has 114 valence electrons. The zero-order valence-electron chi connectivity index (χ0n) is 15.9. The molecule has 0 aromatic rings. The van der Waals surface area contributed by atoms with Crippen molar-refractivity contribution in [3.05, 3.63) is 24.3 Å². The summed E-state index contributed by atoms with van der Waals surface area (Å²) in [6, 6.07) is 0. The van der Waals surface area contributed by atoms with Crippen LogP contribution in [-0.2, 0) is 9.59 Å². The molecule has 0 N–H and O–H groups in total. The van der Waals surface area contributed by atoms with Crippen molar-refractivity contribution in [2.24, 2.45) is 5.92 Å². The number of carbonyl (C=O) groups is 2. The average Bonchev–Trinajstić information content (AvgIpc) is 2.33. The van der Waals surface area contributed by atoms with Gasteiger partial charge in [0.15, 0.2) is 11.6 Å². The molecule has 0 spiro atoms. The van der Waals surface area contributed by atoms with Crippen LogP contribution in [0.3, 0.4) is 0 Å². The molecule has 0 rings (SSSR count). The smallest absolute Gasteiger partial charge is 1.00 e. The van der Waals surface area contributed by atoms with Crippen molar-refractivity contribution in [3.63, 3.8) is 0 Å². The maximum absolute atomic E-state index is 10.5. The Balaban J connectivity index is -0.0000000774. The zero-order valence-corrected chi connectivity index (χ0v) is 13.9. The van der Waals surface area contributed by atoms with Gasteiger partial charge in [0.1, 0.15) is 0 Å². The first-order chi connectivity index (χ1) is 8.93. The van der Waals surface area contributed by atoms with Gasteiger partial charge in [-0.05, 0) is 44.8 Å². The predicted octanol–water partition coefficient (Wildman–Crippen LogP) is 4.73. The molecule has 20 heavy (non-hydrogen) atoms. The van der Waals surface area contributed by atoms with Crippen molar-refractivity contribution >= 4 is 21.7 Å². The summed E-state index contributed by atoms with van der Waals surface area (Å²) in [6.45, 7) is 9.57. The minimum Gasteiger partial charge on any atom is -1.00 e. The fourth-order valence-corrected chi connectivity index (χ4v) is 1.42. The van der Waals surface area contributed by atoms with E-state index in [4.69, 9.17) is 0 Å². The molecule has 0 aromatic carbocycles. The Labute approximate surface area is 131 Å². The summed E-state index contributed by atoms with van der Waals surface area (Å²) in [6.07, 6.45) is 13.0. The quantitative estimate of drug-likeness (QED) is 0.365. The van der Waals surface area contributed by atoms with Crippen molar-refractivity contribution in [1.82, 2.24) is 0 Å². The maximum atomic E-state index is 10.5. The number of unbranched alkanes of at least 4 members (excludes halogenated alkanes) is 2. The zero-order chi connectivity index (χ0) is 15.1. The van der Waals surface area contributed by atoms with Crippen LogP contribution in [0.1, 0.15) is 69.6 Å². The molecule has 0 amide bonds. The standard InChI is InChI=1S/C9H16O.C8H14O.Be.2H/c1-4-5-8(2)6-7-9(3)10;1-3-4-5-6-7-8(2)9;;;/h6-8H,4-5H2,1-3H3;6-7H,3-5H2,1-2H3;;;/q;;+2;2*-1/b2*7-6+;;;. The molecule has 0 aromatic heterocycles. The van der Waals surface area contributed by atoms with E-state index in [0.29, 0.717) is 5.92 Å². The Morgan fingerprint density at radius 3 is 2.00 bits per heavy atom. The van der Waals surface area contributed by atoms with Crippen LogP contribution in [0.2, 0.25) is 0 Å². The number of carbonyl (C=O) groups excluding carboxylic acids is 2. The largest absolute Gasteiger partial charge is 2.00 e. The van der Waals surface area contributed by atoms with Crippen LogP contribution in [0.4, 0.5) is 0 Å². The first-order valence-corrected chi connectivity index (χ1v) is 7.29. The Kier molecular flexibility index (Phi) is 21.6. The first kappa shape index (κ1) is 24.0. The summed E-state index contributed by atoms with van der Waals surface area (Å²) < 4.78 is 0. The third-order valence-corrected chi connectivity index (χ3v) is 2.48. The summed E-state index contributed by atoms with van der Waals surface area (Å²) >= 11 is 0. The predicted molar refractivity (Wildman–Crippen MR) is 91.2 cm³/mol. The van der Waals surface area contributed by atoms with E-state index in [-0.39, 0.29) is 24.5 Å². The number of allylic oxidation sites excluding steroid dienone is 4. The van der Waals surface area contributed by atoms with Gasteiger partial charge < -0.3 is 2.85 Å². The van der Waals surface area contributed by atoms with E-state index in [1.807, 2.05) is 12.2 Å². The van der Waals surface area contributed by atoms with E-state index < -0.39 is 0 Å². The van der Waals surface area contributed by atoms with E-state index in [0.717, 1.165) is 6.42 Å². The molecule has 0 aliphatic heterocycles. The summed E-state index contributed by atoms with van der Waals surface area (Å²) in [5.74, 6) is 0.836. The number of rotatable bonds is 8. The minimum absolute atomic E-state index is 0. The van der Waals surface area contributed by atoms with Gasteiger partial charge in [-0.25, -0.2) is 0 Å². The van der Waals surface area contributed by atoms with Crippen molar-refractivity contribution < 1.29 is 12.4 Å². The Bertz CT molecular complexity index is 303. The van der Waals surface area contributed by atoms with Crippen LogP contribution in [0.15, 0.2) is 24.3 Å². The van der Waals surface area contributed by atoms with Gasteiger partial charge in [-0.15, -0.1) is 0 Å². The normalized spacial score (nSPS) is 11.7. The van der Waals surface area contributed by atoms with Crippen LogP contribution in [0, 0.1) is 5.92 Å². The van der Waals surface area contributed by atoms with Crippen LogP contribution < -0.4 is 0 Å². The number of hydrogen-bond acceptors (Lipinski definition) is 2. The van der Waals surface area contributed by atoms with Gasteiger partial charge in [-0.3, -0.25) is 9.59 Å². The Morgan fingerprint density at radius 1 is 1.05 bits per heavy atom. The summed E-state index contributed by atoms with van der Waals surface area (Å²) in [4.78, 5) is 20.8. The van der Waals surface area contributed by atoms with Gasteiger partial charge in [0.2, 0.25) is 0 Å². The molecule has 2 nitrogen and oxygen atoms in total. The number of ketones is 2. The molecular formula is C17H32BeO2. The molecule has 0 bridgehead atoms. The molecular weight excluding hydrogens is 245 g/mol. The van der Waals surface area contributed by atoms with E-state index in [1.54, 1.807) is 26.0 Å². The Hall–Kier alpha value is -1.01. The topological polar surface area (TPSA) is 34.1 Å². The van der Waals surface area contributed by atoms with Gasteiger partial charge in [0.25, 0.3) is 0 Å². The third-order valence-electron chi connectivity index (χ3n) is 2.48. The van der Waals surface area contributed by atoms with Crippen LogP contribution in [0.5, 0.6) is 0 Å². The fourth-order valence-electron chi connectivity index (χ4n) is 1.42. The maximum Gasteiger partial charge on any atom is 2.00 e. The van der Waals surface area contributed by atoms with Crippen LogP contribution >= 0.6 is 0 Å². The van der Waals surface area contributed by atoms with E-state index in [1.165, 1.54) is 25.7 Å². The van der Waals surface area contributed by atoms with Gasteiger partial charge >= 0.3 is 10.1 Å². The molecule has 0 radical (unpaired) electrons. The van der Waals surface area contributed by atoms with Crippen molar-refractivity contribution in [1.29, 1.82) is 0 Å². The SMILES string of the molecule is CCCC(C)/C=C/C(C)=O.CCCC/C=C/C(C)=O.[Be+2].[H-].[H-]. The first-order valence-electron chi connectivity index (χ1n) is 7.29. The Morgan fingerprint density at radius 2 is 1.60 bits per heavy atom. The second-order valence-corrected chi connectivity index (χ2v) is 4.89. The fraction of sp³-hybridized carbons (Fsp3) is 0.647. The molecule has 0 heterocycles. The summed E-state index contributed by atoms with van der Waals surface area (Å²) in [5, 5.41) is 0. The number of hydrogen-bond donors (Lipinski definition) is 0. The molecule has 1 atom stereocenters. The van der Waals surface area contributed by atoms with E-state index >= 15 is 0 Å². The van der Waals surface area contributed by atoms with Crippen molar-refractivity contribution in [3.8, 4) is 0 Å². The molecule has 0 fully saturated rings. The van der Waals surface area contributed by atoms with E-state index in [9.17, 15) is 9.59 Å². The molecule has 0 saturated heterocycles. The van der Waals surface area contributed by atoms with Gasteiger partial charge in [0, 0.05) is 0 Å². The van der Waals surface area contributed by atoms with E-state index in [2.05, 4.69) is 20.8 Å². The second kappa shape index (κ2) is 18.0. The van der Waals surface area contributed by atoms with Crippen LogP contribution in [-0.4, -0.2) is 21.7 Å². The molecule has 3 heteroatoms. The molecule has 1 unspecified atom stereocenters. The summed E-state index contributed by atoms with van der Waals surface area (Å²) in [7, 11) is 0. The van der Waals surface area contributed by atoms with Gasteiger partial charge in [-0.1, -0.05) is 52.2 Å². The van der Waals surface area contributed by atoms with Gasteiger partial charge in [0.05, 0.1) is 0 Å². The third kappa shape index (κ3) is 25.7. The van der Waals surface area contributed by atoms with Gasteiger partial charge in [-0.2, -0.15) is 0 Å². The second-order valence-electron chi connectivity index (χ2n) is 4.89. The van der Waals surface area contributed by atoms with Crippen molar-refractivity contribution in [2.75, 3.05) is 0 Å². The average molecular weight is 277 g/mol. The molecule has 0 aliphatic carbocycles. The van der Waals surface area contributed by atoms with Crippen LogP contribution in [0.25, 0.3) is 0 Å².